The van der Waals surface area contributed by atoms with Gasteiger partial charge in [0, 0.05) is 17.4 Å². The van der Waals surface area contributed by atoms with Crippen LogP contribution in [0.4, 0.5) is 11.4 Å². The number of carbonyl (C=O) groups excluding carboxylic acids is 1. The zero-order valence-electron chi connectivity index (χ0n) is 11.6. The molecule has 104 valence electrons. The van der Waals surface area contributed by atoms with E-state index in [0.29, 0.717) is 17.3 Å². The number of nitrogen functional groups attached to an aromatic ring is 1. The molecule has 0 heterocycles. The molecular weight excluding hydrogens is 238 g/mol. The maximum Gasteiger partial charge on any atom is 0.250 e. The van der Waals surface area contributed by atoms with Crippen LogP contribution in [-0.2, 0) is 0 Å². The molecule has 0 saturated heterocycles. The number of nitrogens with two attached hydrogens (primary N) is 2. The minimum atomic E-state index is -0.480. The van der Waals surface area contributed by atoms with E-state index in [4.69, 9.17) is 11.5 Å². The maximum atomic E-state index is 11.3. The predicted octanol–water partition coefficient (Wildman–Crippen LogP) is 2.60. The lowest BCUT2D eigenvalue weighted by Gasteiger charge is -2.33. The first kappa shape index (κ1) is 13.7. The van der Waals surface area contributed by atoms with Gasteiger partial charge in [-0.2, -0.15) is 0 Å². The van der Waals surface area contributed by atoms with Crippen LogP contribution >= 0.6 is 0 Å². The highest BCUT2D eigenvalue weighted by Crippen LogP contribution is 2.31. The number of hydrogen-bond donors (Lipinski definition) is 3. The molecule has 1 fully saturated rings. The van der Waals surface area contributed by atoms with E-state index in [1.807, 2.05) is 6.07 Å². The Morgan fingerprint density at radius 1 is 1.26 bits per heavy atom. The van der Waals surface area contributed by atoms with E-state index in [1.165, 1.54) is 12.8 Å². The second-order valence-electron chi connectivity index (χ2n) is 5.78. The van der Waals surface area contributed by atoms with E-state index in [9.17, 15) is 4.79 Å². The summed E-state index contributed by atoms with van der Waals surface area (Å²) in [7, 11) is 0. The van der Waals surface area contributed by atoms with Gasteiger partial charge in [0.15, 0.2) is 0 Å². The number of hydrogen-bond acceptors (Lipinski definition) is 3. The number of benzene rings is 1. The standard InChI is InChI=1S/C15H23N3O/c1-9-3-4-11(7-10(9)2)18-12-5-6-14(16)13(8-12)15(17)19/h5-6,8-11,18H,3-4,7,16H2,1-2H3,(H2,17,19). The lowest BCUT2D eigenvalue weighted by Crippen LogP contribution is -2.30. The van der Waals surface area contributed by atoms with Crippen LogP contribution in [0.1, 0.15) is 43.5 Å². The Labute approximate surface area is 114 Å². The van der Waals surface area contributed by atoms with Crippen LogP contribution in [-0.4, -0.2) is 11.9 Å². The van der Waals surface area contributed by atoms with Gasteiger partial charge in [0.1, 0.15) is 0 Å². The van der Waals surface area contributed by atoms with Gasteiger partial charge in [0.05, 0.1) is 5.56 Å². The molecule has 19 heavy (non-hydrogen) atoms. The third-order valence-corrected chi connectivity index (χ3v) is 4.29. The number of nitrogens with one attached hydrogen (secondary N) is 1. The quantitative estimate of drug-likeness (QED) is 0.731. The molecule has 0 aliphatic heterocycles. The van der Waals surface area contributed by atoms with Crippen molar-refractivity contribution < 1.29 is 4.79 Å². The van der Waals surface area contributed by atoms with E-state index < -0.39 is 5.91 Å². The Kier molecular flexibility index (Phi) is 3.98. The summed E-state index contributed by atoms with van der Waals surface area (Å²) in [4.78, 5) is 11.3. The first-order valence-electron chi connectivity index (χ1n) is 6.93. The van der Waals surface area contributed by atoms with E-state index in [0.717, 1.165) is 23.9 Å². The molecule has 5 N–H and O–H groups in total. The molecule has 1 aliphatic carbocycles. The Balaban J connectivity index is 2.07. The van der Waals surface area contributed by atoms with Crippen molar-refractivity contribution in [1.82, 2.24) is 0 Å². The highest BCUT2D eigenvalue weighted by molar-refractivity contribution is 5.98. The van der Waals surface area contributed by atoms with Crippen molar-refractivity contribution in [3.63, 3.8) is 0 Å². The fraction of sp³-hybridized carbons (Fsp3) is 0.533. The maximum absolute atomic E-state index is 11.3. The van der Waals surface area contributed by atoms with Crippen molar-refractivity contribution in [2.24, 2.45) is 17.6 Å². The molecule has 3 unspecified atom stereocenters. The highest BCUT2D eigenvalue weighted by Gasteiger charge is 2.24. The van der Waals surface area contributed by atoms with Crippen LogP contribution in [0.5, 0.6) is 0 Å². The third-order valence-electron chi connectivity index (χ3n) is 4.29. The first-order valence-corrected chi connectivity index (χ1v) is 6.93. The minimum Gasteiger partial charge on any atom is -0.398 e. The van der Waals surface area contributed by atoms with Crippen LogP contribution < -0.4 is 16.8 Å². The van der Waals surface area contributed by atoms with E-state index in [-0.39, 0.29) is 0 Å². The Morgan fingerprint density at radius 3 is 2.63 bits per heavy atom. The van der Waals surface area contributed by atoms with Crippen LogP contribution in [0.3, 0.4) is 0 Å². The summed E-state index contributed by atoms with van der Waals surface area (Å²) in [5, 5.41) is 3.49. The van der Waals surface area contributed by atoms with Gasteiger partial charge in [-0.15, -0.1) is 0 Å². The lowest BCUT2D eigenvalue weighted by molar-refractivity contribution is 0.100. The third kappa shape index (κ3) is 3.19. The number of rotatable bonds is 3. The van der Waals surface area contributed by atoms with E-state index in [1.54, 1.807) is 12.1 Å². The highest BCUT2D eigenvalue weighted by atomic mass is 16.1. The average Bonchev–Trinajstić information content (AvgIpc) is 2.36. The number of anilines is 2. The van der Waals surface area contributed by atoms with Gasteiger partial charge in [-0.1, -0.05) is 13.8 Å². The molecule has 1 aliphatic rings. The normalized spacial score (nSPS) is 26.9. The number of primary amides is 1. The number of carbonyl (C=O) groups is 1. The summed E-state index contributed by atoms with van der Waals surface area (Å²) in [5.74, 6) is 1.05. The van der Waals surface area contributed by atoms with Gasteiger partial charge in [-0.25, -0.2) is 0 Å². The topological polar surface area (TPSA) is 81.1 Å². The molecule has 0 radical (unpaired) electrons. The fourth-order valence-electron chi connectivity index (χ4n) is 2.77. The lowest BCUT2D eigenvalue weighted by atomic mass is 9.79. The minimum absolute atomic E-state index is 0.391. The molecule has 1 saturated carbocycles. The van der Waals surface area contributed by atoms with Crippen molar-refractivity contribution in [2.45, 2.75) is 39.2 Å². The van der Waals surface area contributed by atoms with E-state index >= 15 is 0 Å². The van der Waals surface area contributed by atoms with Crippen molar-refractivity contribution in [3.8, 4) is 0 Å². The largest absolute Gasteiger partial charge is 0.398 e. The zero-order valence-corrected chi connectivity index (χ0v) is 11.6. The van der Waals surface area contributed by atoms with Gasteiger partial charge in [0.25, 0.3) is 5.91 Å². The molecule has 0 aromatic heterocycles. The molecule has 1 aromatic carbocycles. The van der Waals surface area contributed by atoms with Gasteiger partial charge in [-0.05, 0) is 49.3 Å². The molecule has 0 spiro atoms. The van der Waals surface area contributed by atoms with Crippen LogP contribution in [0.25, 0.3) is 0 Å². The Morgan fingerprint density at radius 2 is 2.00 bits per heavy atom. The predicted molar refractivity (Wildman–Crippen MR) is 79.0 cm³/mol. The SMILES string of the molecule is CC1CCC(Nc2ccc(N)c(C(N)=O)c2)CC1C. The molecule has 2 rings (SSSR count). The molecular formula is C15H23N3O. The fourth-order valence-corrected chi connectivity index (χ4v) is 2.77. The van der Waals surface area contributed by atoms with Crippen LogP contribution in [0.15, 0.2) is 18.2 Å². The molecule has 4 heteroatoms. The molecule has 1 aromatic rings. The van der Waals surface area contributed by atoms with Crippen molar-refractivity contribution in [2.75, 3.05) is 11.1 Å². The average molecular weight is 261 g/mol. The second kappa shape index (κ2) is 5.51. The van der Waals surface area contributed by atoms with Crippen molar-refractivity contribution in [3.05, 3.63) is 23.8 Å². The molecule has 1 amide bonds. The van der Waals surface area contributed by atoms with Gasteiger partial charge < -0.3 is 16.8 Å². The summed E-state index contributed by atoms with van der Waals surface area (Å²) in [5.41, 5.74) is 12.8. The smallest absolute Gasteiger partial charge is 0.250 e. The van der Waals surface area contributed by atoms with Crippen molar-refractivity contribution in [1.29, 1.82) is 0 Å². The van der Waals surface area contributed by atoms with Gasteiger partial charge >= 0.3 is 0 Å². The monoisotopic (exact) mass is 261 g/mol. The Hall–Kier alpha value is -1.71. The van der Waals surface area contributed by atoms with Crippen molar-refractivity contribution >= 4 is 17.3 Å². The molecule has 3 atom stereocenters. The summed E-state index contributed by atoms with van der Waals surface area (Å²) < 4.78 is 0. The summed E-state index contributed by atoms with van der Waals surface area (Å²) in [6.45, 7) is 4.62. The molecule has 0 bridgehead atoms. The summed E-state index contributed by atoms with van der Waals surface area (Å²) in [6, 6.07) is 5.86. The number of amides is 1. The van der Waals surface area contributed by atoms with Gasteiger partial charge in [0.2, 0.25) is 0 Å². The van der Waals surface area contributed by atoms with E-state index in [2.05, 4.69) is 19.2 Å². The zero-order chi connectivity index (χ0) is 14.0. The first-order chi connectivity index (χ1) is 8.97. The Bertz CT molecular complexity index is 472. The molecule has 4 nitrogen and oxygen atoms in total. The summed E-state index contributed by atoms with van der Waals surface area (Å²) in [6.07, 6.45) is 3.58. The van der Waals surface area contributed by atoms with Crippen LogP contribution in [0, 0.1) is 11.8 Å². The summed E-state index contributed by atoms with van der Waals surface area (Å²) >= 11 is 0. The van der Waals surface area contributed by atoms with Gasteiger partial charge in [-0.3, -0.25) is 4.79 Å². The van der Waals surface area contributed by atoms with Crippen LogP contribution in [0.2, 0.25) is 0 Å². The second-order valence-corrected chi connectivity index (χ2v) is 5.78.